The van der Waals surface area contributed by atoms with Gasteiger partial charge in [-0.3, -0.25) is 0 Å². The fourth-order valence-electron chi connectivity index (χ4n) is 11.0. The van der Waals surface area contributed by atoms with Gasteiger partial charge < -0.3 is 13.7 Å². The molecule has 0 atom stereocenters. The number of aromatic nitrogens is 3. The molecule has 0 aliphatic heterocycles. The Bertz CT molecular complexity index is 5190. The minimum absolute atomic E-state index is 0.0394. The largest absolute Gasteiger partial charge is 0.308 e. The van der Waals surface area contributed by atoms with Gasteiger partial charge in [0.05, 0.1) is 103 Å². The van der Waals surface area contributed by atoms with Crippen LogP contribution in [-0.4, -0.2) is 39.0 Å². The first-order valence-electron chi connectivity index (χ1n) is 24.7. The molecule has 13 aromatic rings. The van der Waals surface area contributed by atoms with Crippen molar-refractivity contribution in [3.8, 4) is 41.3 Å². The number of para-hydroxylation sites is 3. The van der Waals surface area contributed by atoms with Gasteiger partial charge in [-0.25, -0.2) is 25.3 Å². The molecule has 0 spiro atoms. The minimum Gasteiger partial charge on any atom is -0.308 e. The third-order valence-electron chi connectivity index (χ3n) is 14.7. The van der Waals surface area contributed by atoms with E-state index in [9.17, 15) is 46.3 Å². The van der Waals surface area contributed by atoms with Gasteiger partial charge in [0.25, 0.3) is 0 Å². The van der Waals surface area contributed by atoms with Crippen LogP contribution in [0, 0.1) is 45.3 Å². The molecule has 0 aliphatic carbocycles. The van der Waals surface area contributed by atoms with Crippen LogP contribution < -0.4 is 0 Å². The summed E-state index contributed by atoms with van der Waals surface area (Å²) >= 11 is 0. The molecular weight excluding hydrogens is 1060 g/mol. The summed E-state index contributed by atoms with van der Waals surface area (Å²) in [4.78, 5) is -0.117. The monoisotopic (exact) mass is 1090 g/mol. The second kappa shape index (κ2) is 18.3. The molecule has 0 amide bonds. The molecule has 0 saturated heterocycles. The maximum atomic E-state index is 14.3. The second-order valence-corrected chi connectivity index (χ2v) is 24.7. The Morgan fingerprint density at radius 3 is 0.900 bits per heavy atom. The number of benzene rings is 10. The number of hydrogen-bond donors (Lipinski definition) is 0. The van der Waals surface area contributed by atoms with Crippen LogP contribution in [0.3, 0.4) is 0 Å². The quantitative estimate of drug-likeness (QED) is 0.133. The molecule has 380 valence electrons. The van der Waals surface area contributed by atoms with Crippen LogP contribution in [0.4, 0.5) is 0 Å². The van der Waals surface area contributed by atoms with E-state index in [0.717, 1.165) is 65.4 Å². The molecule has 3 aromatic heterocycles. The summed E-state index contributed by atoms with van der Waals surface area (Å²) in [6.45, 7) is 0. The molecule has 0 unspecified atom stereocenters. The van der Waals surface area contributed by atoms with Gasteiger partial charge in [-0.15, -0.1) is 0 Å². The van der Waals surface area contributed by atoms with E-state index in [1.54, 1.807) is 60.7 Å². The van der Waals surface area contributed by atoms with Crippen LogP contribution in [0.1, 0.15) is 22.3 Å². The predicted octanol–water partition coefficient (Wildman–Crippen LogP) is 13.0. The van der Waals surface area contributed by atoms with E-state index in [-0.39, 0.29) is 40.5 Å². The molecule has 0 bridgehead atoms. The van der Waals surface area contributed by atoms with Crippen molar-refractivity contribution in [3.63, 3.8) is 0 Å². The normalized spacial score (nSPS) is 12.0. The lowest BCUT2D eigenvalue weighted by Crippen LogP contribution is -2.05. The van der Waals surface area contributed by atoms with Gasteiger partial charge in [0.15, 0.2) is 0 Å². The van der Waals surface area contributed by atoms with Crippen molar-refractivity contribution in [3.05, 3.63) is 235 Å². The SMILES string of the molecule is N#Cc1ccc(S(=O)(=O)c2ccc(-n3c4ccccc4c4c3c3c5ccccc5n(-c5ccc(S(=O)(=O)c6ccc(C#N)cc6C#N)cc5)c3c3c5ccccc5n(-c5ccc(S(=O)(=O)c6ccc(C#N)cc6)cc5)c43)cc2)cc1. The minimum atomic E-state index is -4.26. The summed E-state index contributed by atoms with van der Waals surface area (Å²) in [5.74, 6) is 0. The van der Waals surface area contributed by atoms with E-state index in [0.29, 0.717) is 28.2 Å². The zero-order valence-corrected chi connectivity index (χ0v) is 44.0. The van der Waals surface area contributed by atoms with Gasteiger partial charge in [0, 0.05) is 49.4 Å². The lowest BCUT2D eigenvalue weighted by Gasteiger charge is -2.14. The molecule has 0 N–H and O–H groups in total. The van der Waals surface area contributed by atoms with Crippen molar-refractivity contribution >= 4 is 94.9 Å². The number of fused-ring (bicyclic) bond motifs is 12. The zero-order chi connectivity index (χ0) is 55.2. The first kappa shape index (κ1) is 49.0. The molecule has 0 fully saturated rings. The molecule has 0 saturated carbocycles. The van der Waals surface area contributed by atoms with E-state index in [1.165, 1.54) is 78.9 Å². The molecular formula is C64H35N7O6S3. The zero-order valence-electron chi connectivity index (χ0n) is 41.5. The summed E-state index contributed by atoms with van der Waals surface area (Å²) < 4.78 is 91.3. The Morgan fingerprint density at radius 2 is 0.588 bits per heavy atom. The number of nitrogens with zero attached hydrogens (tertiary/aromatic N) is 7. The highest BCUT2D eigenvalue weighted by Crippen LogP contribution is 2.50. The smallest absolute Gasteiger partial charge is 0.207 e. The summed E-state index contributed by atoms with van der Waals surface area (Å²) in [7, 11) is -12.3. The van der Waals surface area contributed by atoms with Gasteiger partial charge >= 0.3 is 0 Å². The fraction of sp³-hybridized carbons (Fsp3) is 0. The van der Waals surface area contributed by atoms with Crippen molar-refractivity contribution in [2.24, 2.45) is 0 Å². The standard InChI is InChI=1S/C64H35N7O6S3/c65-36-40-13-24-47(25-14-40)78(72,73)49-28-18-44(19-29-49)69-55-10-4-1-7-52(55)59-62-60(53-8-2-5-11-56(53)70(62)45-20-30-50(31-21-45)79(74,75)48-26-15-41(37-66)16-27-48)64-61(63(59)69)54-9-3-6-12-57(54)71(64)46-22-32-51(33-23-46)80(76,77)58-34-17-42(38-67)35-43(58)39-68/h1-35H. The first-order valence-corrected chi connectivity index (χ1v) is 29.2. The molecule has 3 heterocycles. The average molecular weight is 1090 g/mol. The lowest BCUT2D eigenvalue weighted by molar-refractivity contribution is 0.594. The fourth-order valence-corrected chi connectivity index (χ4v) is 14.9. The number of rotatable bonds is 9. The maximum Gasteiger partial charge on any atom is 0.207 e. The van der Waals surface area contributed by atoms with Crippen molar-refractivity contribution in [2.45, 2.75) is 29.4 Å². The first-order chi connectivity index (χ1) is 38.8. The van der Waals surface area contributed by atoms with E-state index in [4.69, 9.17) is 0 Å². The second-order valence-electron chi connectivity index (χ2n) is 18.9. The van der Waals surface area contributed by atoms with Crippen molar-refractivity contribution < 1.29 is 25.3 Å². The molecule has 80 heavy (non-hydrogen) atoms. The van der Waals surface area contributed by atoms with Gasteiger partial charge in [0.1, 0.15) is 6.07 Å². The van der Waals surface area contributed by atoms with Gasteiger partial charge in [-0.05, 0) is 158 Å². The van der Waals surface area contributed by atoms with Crippen molar-refractivity contribution in [1.29, 1.82) is 21.0 Å². The predicted molar refractivity (Wildman–Crippen MR) is 304 cm³/mol. The molecule has 16 heteroatoms. The van der Waals surface area contributed by atoms with Crippen LogP contribution in [0.5, 0.6) is 0 Å². The topological polar surface area (TPSA) is 212 Å². The summed E-state index contributed by atoms with van der Waals surface area (Å²) in [6.07, 6.45) is 0. The van der Waals surface area contributed by atoms with E-state index in [1.807, 2.05) is 97.1 Å². The Labute approximate surface area is 457 Å². The lowest BCUT2D eigenvalue weighted by atomic mass is 10.0. The summed E-state index contributed by atoms with van der Waals surface area (Å²) in [5, 5.41) is 43.3. The van der Waals surface area contributed by atoms with Gasteiger partial charge in [-0.2, -0.15) is 21.0 Å². The van der Waals surface area contributed by atoms with Crippen LogP contribution in [-0.2, 0) is 29.5 Å². The number of hydrogen-bond acceptors (Lipinski definition) is 10. The summed E-state index contributed by atoms with van der Waals surface area (Å²) in [5.41, 5.74) is 7.19. The van der Waals surface area contributed by atoms with Crippen LogP contribution >= 0.6 is 0 Å². The number of sulfone groups is 3. The molecule has 0 aliphatic rings. The Balaban J connectivity index is 1.13. The van der Waals surface area contributed by atoms with Crippen molar-refractivity contribution in [2.75, 3.05) is 0 Å². The van der Waals surface area contributed by atoms with E-state index < -0.39 is 29.5 Å². The molecule has 13 rings (SSSR count). The molecule has 10 aromatic carbocycles. The molecule has 0 radical (unpaired) electrons. The van der Waals surface area contributed by atoms with Gasteiger partial charge in [-0.1, -0.05) is 54.6 Å². The van der Waals surface area contributed by atoms with Crippen LogP contribution in [0.15, 0.2) is 242 Å². The van der Waals surface area contributed by atoms with Gasteiger partial charge in [0.2, 0.25) is 29.5 Å². The van der Waals surface area contributed by atoms with Crippen molar-refractivity contribution in [1.82, 2.24) is 13.7 Å². The Hall–Kier alpha value is -10.6. The highest BCUT2D eigenvalue weighted by Gasteiger charge is 2.30. The highest BCUT2D eigenvalue weighted by atomic mass is 32.2. The number of nitriles is 4. The third kappa shape index (κ3) is 7.33. The Morgan fingerprint density at radius 1 is 0.300 bits per heavy atom. The maximum absolute atomic E-state index is 14.3. The van der Waals surface area contributed by atoms with E-state index in [2.05, 4.69) is 13.7 Å². The van der Waals surface area contributed by atoms with E-state index >= 15 is 0 Å². The van der Waals surface area contributed by atoms with Crippen LogP contribution in [0.25, 0.3) is 82.5 Å². The molecule has 13 nitrogen and oxygen atoms in total. The average Bonchev–Trinajstić information content (AvgIpc) is 4.05. The highest BCUT2D eigenvalue weighted by molar-refractivity contribution is 7.92. The third-order valence-corrected chi connectivity index (χ3v) is 20.1. The van der Waals surface area contributed by atoms with Crippen LogP contribution in [0.2, 0.25) is 0 Å². The summed E-state index contributed by atoms with van der Waals surface area (Å²) in [6, 6.07) is 67.0. The Kier molecular flexibility index (Phi) is 11.2.